The summed E-state index contributed by atoms with van der Waals surface area (Å²) in [4.78, 5) is 28.8. The normalized spacial score (nSPS) is 11.4. The minimum absolute atomic E-state index is 0.0715. The topological polar surface area (TPSA) is 67.9 Å². The first-order chi connectivity index (χ1) is 18.5. The Bertz CT molecular complexity index is 1120. The van der Waals surface area contributed by atoms with Gasteiger partial charge < -0.3 is 19.7 Å². The number of halogens is 1. The molecule has 0 aliphatic carbocycles. The lowest BCUT2D eigenvalue weighted by atomic mass is 10.0. The highest BCUT2D eigenvalue weighted by Crippen LogP contribution is 2.20. The zero-order valence-electron chi connectivity index (χ0n) is 22.2. The molecule has 0 bridgehead atoms. The molecule has 1 N–H and O–H groups in total. The van der Waals surface area contributed by atoms with Gasteiger partial charge in [-0.15, -0.1) is 0 Å². The number of carbonyl (C=O) groups excluding carboxylic acids is 2. The summed E-state index contributed by atoms with van der Waals surface area (Å²) in [5, 5.41) is 3.06. The van der Waals surface area contributed by atoms with Gasteiger partial charge in [-0.1, -0.05) is 71.7 Å². The van der Waals surface area contributed by atoms with Crippen LogP contribution in [0.15, 0.2) is 83.3 Å². The Labute approximate surface area is 234 Å². The number of benzene rings is 3. The van der Waals surface area contributed by atoms with Gasteiger partial charge in [-0.2, -0.15) is 0 Å². The molecule has 3 rings (SSSR count). The van der Waals surface area contributed by atoms with Crippen LogP contribution in [-0.2, 0) is 22.6 Å². The molecule has 38 heavy (non-hydrogen) atoms. The summed E-state index contributed by atoms with van der Waals surface area (Å²) < 4.78 is 12.0. The van der Waals surface area contributed by atoms with E-state index >= 15 is 0 Å². The molecule has 0 radical (unpaired) electrons. The molecule has 0 fully saturated rings. The molecular formula is C31H37BrN2O4. The van der Waals surface area contributed by atoms with E-state index in [1.54, 1.807) is 12.0 Å². The Morgan fingerprint density at radius 3 is 2.24 bits per heavy atom. The van der Waals surface area contributed by atoms with Crippen molar-refractivity contribution < 1.29 is 19.1 Å². The lowest BCUT2D eigenvalue weighted by Gasteiger charge is -2.31. The highest BCUT2D eigenvalue weighted by atomic mass is 79.9. The predicted molar refractivity (Wildman–Crippen MR) is 154 cm³/mol. The van der Waals surface area contributed by atoms with Crippen molar-refractivity contribution in [3.05, 3.63) is 94.5 Å². The number of nitrogens with one attached hydrogen (secondary N) is 1. The summed E-state index contributed by atoms with van der Waals surface area (Å²) in [6, 6.07) is 24.5. The number of amides is 2. The van der Waals surface area contributed by atoms with E-state index < -0.39 is 6.04 Å². The van der Waals surface area contributed by atoms with Gasteiger partial charge >= 0.3 is 0 Å². The molecule has 3 aromatic carbocycles. The van der Waals surface area contributed by atoms with E-state index in [2.05, 4.69) is 28.2 Å². The fourth-order valence-corrected chi connectivity index (χ4v) is 4.34. The summed E-state index contributed by atoms with van der Waals surface area (Å²) in [7, 11) is 1.62. The molecule has 3 aromatic rings. The van der Waals surface area contributed by atoms with E-state index in [-0.39, 0.29) is 18.2 Å². The number of hydrogen-bond acceptors (Lipinski definition) is 4. The monoisotopic (exact) mass is 580 g/mol. The summed E-state index contributed by atoms with van der Waals surface area (Å²) in [5.41, 5.74) is 1.98. The van der Waals surface area contributed by atoms with Gasteiger partial charge in [0.15, 0.2) is 0 Å². The van der Waals surface area contributed by atoms with Crippen LogP contribution in [0.5, 0.6) is 11.5 Å². The lowest BCUT2D eigenvalue weighted by molar-refractivity contribution is -0.141. The number of ether oxygens (including phenoxy) is 2. The molecular weight excluding hydrogens is 544 g/mol. The first-order valence-electron chi connectivity index (χ1n) is 13.1. The van der Waals surface area contributed by atoms with Gasteiger partial charge in [0.25, 0.3) is 0 Å². The van der Waals surface area contributed by atoms with Crippen LogP contribution in [0.4, 0.5) is 0 Å². The molecule has 0 aliphatic heterocycles. The molecule has 6 nitrogen and oxygen atoms in total. The second kappa shape index (κ2) is 15.8. The predicted octanol–water partition coefficient (Wildman–Crippen LogP) is 6.17. The minimum atomic E-state index is -0.618. The van der Waals surface area contributed by atoms with Crippen molar-refractivity contribution in [2.75, 3.05) is 20.3 Å². The van der Waals surface area contributed by atoms with Gasteiger partial charge in [-0.25, -0.2) is 0 Å². The van der Waals surface area contributed by atoms with Crippen LogP contribution in [-0.4, -0.2) is 43.0 Å². The number of nitrogens with zero attached hydrogens (tertiary/aromatic N) is 1. The summed E-state index contributed by atoms with van der Waals surface area (Å²) >= 11 is 3.48. The molecule has 202 valence electrons. The number of unbranched alkanes of at least 4 members (excludes halogenated alkanes) is 1. The zero-order chi connectivity index (χ0) is 27.2. The Kier molecular flexibility index (Phi) is 12.2. The third-order valence-corrected chi connectivity index (χ3v) is 6.76. The first kappa shape index (κ1) is 29.2. The van der Waals surface area contributed by atoms with Gasteiger partial charge in [-0.05, 0) is 60.4 Å². The zero-order valence-corrected chi connectivity index (χ0v) is 23.8. The van der Waals surface area contributed by atoms with Crippen LogP contribution in [0, 0.1) is 0 Å². The van der Waals surface area contributed by atoms with Gasteiger partial charge in [0, 0.05) is 30.4 Å². The number of hydrogen-bond donors (Lipinski definition) is 1. The third kappa shape index (κ3) is 9.53. The maximum absolute atomic E-state index is 13.6. The molecule has 2 amide bonds. The smallest absolute Gasteiger partial charge is 0.243 e. The van der Waals surface area contributed by atoms with Gasteiger partial charge in [0.05, 0.1) is 13.7 Å². The quantitative estimate of drug-likeness (QED) is 0.218. The number of rotatable bonds is 15. The lowest BCUT2D eigenvalue weighted by Crippen LogP contribution is -2.50. The van der Waals surface area contributed by atoms with Crippen molar-refractivity contribution in [3.8, 4) is 11.5 Å². The molecule has 0 spiro atoms. The standard InChI is InChI=1S/C31H37BrN2O4/c1-3-4-20-33-31(36)29(22-24-9-6-5-7-10-24)34(23-25-12-14-26(32)15-13-25)30(35)11-8-21-38-28-18-16-27(37-2)17-19-28/h5-7,9-10,12-19,29H,3-4,8,11,20-23H2,1-2H3,(H,33,36)/t29-/m0/s1. The van der Waals surface area contributed by atoms with E-state index in [1.807, 2.05) is 78.9 Å². The van der Waals surface area contributed by atoms with Crippen molar-refractivity contribution in [2.24, 2.45) is 0 Å². The van der Waals surface area contributed by atoms with Crippen LogP contribution in [0.2, 0.25) is 0 Å². The van der Waals surface area contributed by atoms with Crippen molar-refractivity contribution in [2.45, 2.75) is 51.6 Å². The molecule has 0 saturated carbocycles. The van der Waals surface area contributed by atoms with E-state index in [0.717, 1.165) is 39.9 Å². The summed E-state index contributed by atoms with van der Waals surface area (Å²) in [6.07, 6.45) is 3.15. The van der Waals surface area contributed by atoms with Crippen molar-refractivity contribution >= 4 is 27.7 Å². The fraction of sp³-hybridized carbons (Fsp3) is 0.355. The van der Waals surface area contributed by atoms with Gasteiger partial charge in [0.2, 0.25) is 11.8 Å². The maximum atomic E-state index is 13.6. The highest BCUT2D eigenvalue weighted by molar-refractivity contribution is 9.10. The van der Waals surface area contributed by atoms with Gasteiger partial charge in [0.1, 0.15) is 17.5 Å². The van der Waals surface area contributed by atoms with Crippen LogP contribution in [0.1, 0.15) is 43.7 Å². The van der Waals surface area contributed by atoms with Gasteiger partial charge in [-0.3, -0.25) is 9.59 Å². The fourth-order valence-electron chi connectivity index (χ4n) is 4.08. The van der Waals surface area contributed by atoms with Crippen molar-refractivity contribution in [3.63, 3.8) is 0 Å². The average molecular weight is 582 g/mol. The number of carbonyl (C=O) groups is 2. The largest absolute Gasteiger partial charge is 0.497 e. The van der Waals surface area contributed by atoms with Crippen molar-refractivity contribution in [1.29, 1.82) is 0 Å². The summed E-state index contributed by atoms with van der Waals surface area (Å²) in [5.74, 6) is 1.29. The Hall–Kier alpha value is -3.32. The molecule has 0 unspecified atom stereocenters. The average Bonchev–Trinajstić information content (AvgIpc) is 2.95. The van der Waals surface area contributed by atoms with E-state index in [1.165, 1.54) is 0 Å². The Morgan fingerprint density at radius 1 is 0.895 bits per heavy atom. The molecule has 1 atom stereocenters. The molecule has 0 saturated heterocycles. The molecule has 7 heteroatoms. The van der Waals surface area contributed by atoms with Crippen molar-refractivity contribution in [1.82, 2.24) is 10.2 Å². The number of methoxy groups -OCH3 is 1. The van der Waals surface area contributed by atoms with E-state index in [0.29, 0.717) is 32.5 Å². The highest BCUT2D eigenvalue weighted by Gasteiger charge is 2.30. The maximum Gasteiger partial charge on any atom is 0.243 e. The van der Waals surface area contributed by atoms with Crippen LogP contribution in [0.25, 0.3) is 0 Å². The Balaban J connectivity index is 1.75. The van der Waals surface area contributed by atoms with Crippen LogP contribution >= 0.6 is 15.9 Å². The second-order valence-corrected chi connectivity index (χ2v) is 10.0. The molecule has 0 aliphatic rings. The first-order valence-corrected chi connectivity index (χ1v) is 13.9. The SMILES string of the molecule is CCCCNC(=O)[C@H](Cc1ccccc1)N(Cc1ccc(Br)cc1)C(=O)CCCOc1ccc(OC)cc1. The molecule has 0 aromatic heterocycles. The minimum Gasteiger partial charge on any atom is -0.497 e. The Morgan fingerprint density at radius 2 is 1.58 bits per heavy atom. The van der Waals surface area contributed by atoms with Crippen LogP contribution in [0.3, 0.4) is 0 Å². The van der Waals surface area contributed by atoms with E-state index in [4.69, 9.17) is 9.47 Å². The third-order valence-electron chi connectivity index (χ3n) is 6.23. The molecule has 0 heterocycles. The van der Waals surface area contributed by atoms with E-state index in [9.17, 15) is 9.59 Å². The van der Waals surface area contributed by atoms with Crippen LogP contribution < -0.4 is 14.8 Å². The second-order valence-electron chi connectivity index (χ2n) is 9.13. The summed E-state index contributed by atoms with van der Waals surface area (Å²) in [6.45, 7) is 3.43.